The van der Waals surface area contributed by atoms with Gasteiger partial charge in [0.2, 0.25) is 0 Å². The molecule has 0 fully saturated rings. The van der Waals surface area contributed by atoms with Gasteiger partial charge in [0.1, 0.15) is 0 Å². The molecule has 0 radical (unpaired) electrons. The van der Waals surface area contributed by atoms with E-state index in [1.807, 2.05) is 6.07 Å². The average molecular weight is 459 g/mol. The summed E-state index contributed by atoms with van der Waals surface area (Å²) in [6.07, 6.45) is -4.74. The summed E-state index contributed by atoms with van der Waals surface area (Å²) in [5, 5.41) is 21.7. The smallest absolute Gasteiger partial charge is 0.392 e. The summed E-state index contributed by atoms with van der Waals surface area (Å²) >= 11 is 0. The molecule has 0 aliphatic heterocycles. The van der Waals surface area contributed by atoms with E-state index in [0.29, 0.717) is 33.0 Å². The van der Waals surface area contributed by atoms with Crippen molar-refractivity contribution in [2.24, 2.45) is 0 Å². The van der Waals surface area contributed by atoms with Crippen molar-refractivity contribution in [3.8, 4) is 22.3 Å². The maximum Gasteiger partial charge on any atom is 0.434 e. The highest BCUT2D eigenvalue weighted by atomic mass is 19.4. The van der Waals surface area contributed by atoms with Gasteiger partial charge in [0.25, 0.3) is 0 Å². The number of aliphatic hydroxyl groups is 2. The molecule has 0 bridgehead atoms. The Bertz CT molecular complexity index is 1500. The van der Waals surface area contributed by atoms with Gasteiger partial charge in [0, 0.05) is 16.2 Å². The summed E-state index contributed by atoms with van der Waals surface area (Å²) in [4.78, 5) is 4.06. The summed E-state index contributed by atoms with van der Waals surface area (Å²) < 4.78 is 43.6. The molecule has 6 heteroatoms. The van der Waals surface area contributed by atoms with Crippen molar-refractivity contribution in [3.63, 3.8) is 0 Å². The van der Waals surface area contributed by atoms with Gasteiger partial charge in [-0.05, 0) is 39.4 Å². The molecule has 0 amide bonds. The van der Waals surface area contributed by atoms with E-state index in [9.17, 15) is 23.4 Å². The average Bonchev–Trinajstić information content (AvgIpc) is 2.87. The van der Waals surface area contributed by atoms with Gasteiger partial charge in [0.05, 0.1) is 18.7 Å². The summed E-state index contributed by atoms with van der Waals surface area (Å²) in [5.74, 6) is 0. The minimum Gasteiger partial charge on any atom is -0.392 e. The van der Waals surface area contributed by atoms with Crippen LogP contribution in [0.15, 0.2) is 84.9 Å². The minimum absolute atomic E-state index is 0.0856. The third-order valence-corrected chi connectivity index (χ3v) is 6.07. The topological polar surface area (TPSA) is 53.4 Å². The molecule has 2 N–H and O–H groups in total. The van der Waals surface area contributed by atoms with Crippen molar-refractivity contribution in [2.75, 3.05) is 0 Å². The second-order valence-electron chi connectivity index (χ2n) is 7.98. The summed E-state index contributed by atoms with van der Waals surface area (Å²) in [6, 6.07) is 24.3. The van der Waals surface area contributed by atoms with Crippen LogP contribution < -0.4 is 0 Å². The van der Waals surface area contributed by atoms with E-state index in [4.69, 9.17) is 0 Å². The molecular weight excluding hydrogens is 439 g/mol. The molecule has 5 aromatic rings. The van der Waals surface area contributed by atoms with Crippen LogP contribution in [0.3, 0.4) is 0 Å². The zero-order chi connectivity index (χ0) is 23.9. The molecule has 0 spiro atoms. The number of rotatable bonds is 4. The first kappa shape index (κ1) is 22.1. The molecule has 34 heavy (non-hydrogen) atoms. The zero-order valence-electron chi connectivity index (χ0n) is 18.0. The molecule has 0 saturated carbocycles. The van der Waals surface area contributed by atoms with E-state index in [-0.39, 0.29) is 22.0 Å². The Kier molecular flexibility index (Phi) is 5.55. The molecule has 1 heterocycles. The van der Waals surface area contributed by atoms with Crippen LogP contribution in [0.5, 0.6) is 0 Å². The number of nitrogens with zero attached hydrogens (tertiary/aromatic N) is 1. The largest absolute Gasteiger partial charge is 0.434 e. The fourth-order valence-electron chi connectivity index (χ4n) is 4.72. The lowest BCUT2D eigenvalue weighted by molar-refractivity contribution is -0.139. The van der Waals surface area contributed by atoms with Crippen LogP contribution in [0.25, 0.3) is 43.9 Å². The van der Waals surface area contributed by atoms with E-state index >= 15 is 0 Å². The molecule has 3 nitrogen and oxygen atoms in total. The molecule has 0 unspecified atom stereocenters. The Morgan fingerprint density at radius 2 is 1.09 bits per heavy atom. The van der Waals surface area contributed by atoms with Gasteiger partial charge in [-0.2, -0.15) is 13.2 Å². The number of para-hydroxylation sites is 1. The Hall–Kier alpha value is -3.74. The summed E-state index contributed by atoms with van der Waals surface area (Å²) in [5.41, 5.74) is 1.69. The standard InChI is InChI=1S/C28H20F3NO2/c29-28(30,31)27-26-24(18-11-5-2-6-12-18)21(16-34)20(15-33)23(17-9-3-1-4-10-17)25(26)19-13-7-8-14-22(19)32-27/h1-14,33-34H,15-16H2. The molecule has 0 aliphatic carbocycles. The van der Waals surface area contributed by atoms with E-state index in [1.54, 1.807) is 78.9 Å². The highest BCUT2D eigenvalue weighted by Crippen LogP contribution is 2.48. The van der Waals surface area contributed by atoms with Crippen LogP contribution >= 0.6 is 0 Å². The lowest BCUT2D eigenvalue weighted by atomic mass is 9.82. The van der Waals surface area contributed by atoms with E-state index in [0.717, 1.165) is 0 Å². The van der Waals surface area contributed by atoms with Crippen molar-refractivity contribution in [2.45, 2.75) is 19.4 Å². The van der Waals surface area contributed by atoms with E-state index in [2.05, 4.69) is 4.98 Å². The molecule has 170 valence electrons. The predicted octanol–water partition coefficient (Wildman–Crippen LogP) is 6.73. The van der Waals surface area contributed by atoms with Gasteiger partial charge >= 0.3 is 6.18 Å². The molecular formula is C28H20F3NO2. The Morgan fingerprint density at radius 3 is 1.59 bits per heavy atom. The van der Waals surface area contributed by atoms with Crippen molar-refractivity contribution < 1.29 is 23.4 Å². The lowest BCUT2D eigenvalue weighted by Gasteiger charge is -2.24. The van der Waals surface area contributed by atoms with Crippen molar-refractivity contribution >= 4 is 21.7 Å². The van der Waals surface area contributed by atoms with Gasteiger partial charge < -0.3 is 10.2 Å². The van der Waals surface area contributed by atoms with Crippen molar-refractivity contribution in [3.05, 3.63) is 102 Å². The molecule has 1 aromatic heterocycles. The van der Waals surface area contributed by atoms with E-state index in [1.165, 1.54) is 0 Å². The second kappa shape index (κ2) is 8.56. The van der Waals surface area contributed by atoms with Crippen LogP contribution in [-0.2, 0) is 19.4 Å². The van der Waals surface area contributed by atoms with Crippen LogP contribution in [0.4, 0.5) is 13.2 Å². The molecule has 0 saturated heterocycles. The van der Waals surface area contributed by atoms with Gasteiger partial charge in [-0.1, -0.05) is 78.9 Å². The Labute approximate surface area is 193 Å². The van der Waals surface area contributed by atoms with Crippen LogP contribution in [0.2, 0.25) is 0 Å². The summed E-state index contributed by atoms with van der Waals surface area (Å²) in [6.45, 7) is -0.992. The number of aliphatic hydroxyl groups excluding tert-OH is 2. The molecule has 5 rings (SSSR count). The normalized spacial score (nSPS) is 11.9. The SMILES string of the molecule is OCc1c(CO)c(-c2ccccc2)c2c(c(C(F)(F)F)nc3ccccc32)c1-c1ccccc1. The van der Waals surface area contributed by atoms with E-state index < -0.39 is 25.1 Å². The lowest BCUT2D eigenvalue weighted by Crippen LogP contribution is -2.12. The molecule has 4 aromatic carbocycles. The van der Waals surface area contributed by atoms with Gasteiger partial charge in [-0.25, -0.2) is 4.98 Å². The van der Waals surface area contributed by atoms with Gasteiger partial charge in [0.15, 0.2) is 5.69 Å². The highest BCUT2D eigenvalue weighted by Gasteiger charge is 2.38. The van der Waals surface area contributed by atoms with Gasteiger partial charge in [-0.3, -0.25) is 0 Å². The minimum atomic E-state index is -4.74. The molecule has 0 aliphatic rings. The third-order valence-electron chi connectivity index (χ3n) is 6.07. The molecule has 0 atom stereocenters. The maximum absolute atomic E-state index is 14.5. The number of benzene rings is 4. The first-order valence-electron chi connectivity index (χ1n) is 10.8. The predicted molar refractivity (Wildman–Crippen MR) is 127 cm³/mol. The van der Waals surface area contributed by atoms with Crippen LogP contribution in [-0.4, -0.2) is 15.2 Å². The highest BCUT2D eigenvalue weighted by molar-refractivity contribution is 6.19. The number of aromatic nitrogens is 1. The monoisotopic (exact) mass is 459 g/mol. The number of hydrogen-bond donors (Lipinski definition) is 2. The van der Waals surface area contributed by atoms with Gasteiger partial charge in [-0.15, -0.1) is 0 Å². The number of fused-ring (bicyclic) bond motifs is 3. The quantitative estimate of drug-likeness (QED) is 0.293. The van der Waals surface area contributed by atoms with Crippen molar-refractivity contribution in [1.82, 2.24) is 4.98 Å². The number of pyridine rings is 1. The third kappa shape index (κ3) is 3.52. The van der Waals surface area contributed by atoms with Crippen LogP contribution in [0, 0.1) is 0 Å². The fraction of sp³-hybridized carbons (Fsp3) is 0.107. The van der Waals surface area contributed by atoms with Crippen LogP contribution in [0.1, 0.15) is 16.8 Å². The first-order chi connectivity index (χ1) is 16.5. The Morgan fingerprint density at radius 1 is 0.618 bits per heavy atom. The van der Waals surface area contributed by atoms with Crippen molar-refractivity contribution in [1.29, 1.82) is 0 Å². The fourth-order valence-corrected chi connectivity index (χ4v) is 4.72. The zero-order valence-corrected chi connectivity index (χ0v) is 18.0. The first-order valence-corrected chi connectivity index (χ1v) is 10.8. The number of hydrogen-bond acceptors (Lipinski definition) is 3. The number of halogens is 3. The maximum atomic E-state index is 14.5. The number of alkyl halides is 3. The Balaban J connectivity index is 2.17. The second-order valence-corrected chi connectivity index (χ2v) is 7.98. The summed E-state index contributed by atoms with van der Waals surface area (Å²) in [7, 11) is 0.